The molecule has 4 aliphatic rings. The van der Waals surface area contributed by atoms with E-state index in [1.807, 2.05) is 6.92 Å². The van der Waals surface area contributed by atoms with Crippen LogP contribution in [0, 0.1) is 28.6 Å². The molecule has 0 aromatic heterocycles. The lowest BCUT2D eigenvalue weighted by Crippen LogP contribution is -2.57. The van der Waals surface area contributed by atoms with Gasteiger partial charge in [0.1, 0.15) is 0 Å². The van der Waals surface area contributed by atoms with Gasteiger partial charge in [-0.2, -0.15) is 0 Å². The fraction of sp³-hybridized carbons (Fsp3) is 0.842. The molecule has 0 heterocycles. The molecule has 0 aromatic rings. The highest BCUT2D eigenvalue weighted by atomic mass is 32.3. The van der Waals surface area contributed by atoms with Crippen LogP contribution >= 0.6 is 0 Å². The molecule has 0 saturated heterocycles. The summed E-state index contributed by atoms with van der Waals surface area (Å²) in [5, 5.41) is 11.1. The highest BCUT2D eigenvalue weighted by molar-refractivity contribution is 7.80. The summed E-state index contributed by atoms with van der Waals surface area (Å²) in [6, 6.07) is 0. The Morgan fingerprint density at radius 1 is 1.23 bits per heavy atom. The molecule has 0 aromatic carbocycles. The highest BCUT2D eigenvalue weighted by Gasteiger charge is 2.62. The van der Waals surface area contributed by atoms with Crippen molar-refractivity contribution in [2.75, 3.05) is 0 Å². The van der Waals surface area contributed by atoms with E-state index < -0.39 is 28.0 Å². The van der Waals surface area contributed by atoms with Gasteiger partial charge in [0.15, 0.2) is 5.78 Å². The molecule has 6 nitrogen and oxygen atoms in total. The number of rotatable bonds is 2. The molecule has 146 valence electrons. The van der Waals surface area contributed by atoms with Crippen molar-refractivity contribution in [2.24, 2.45) is 28.6 Å². The Kier molecular flexibility index (Phi) is 4.20. The van der Waals surface area contributed by atoms with Crippen LogP contribution in [0.15, 0.2) is 11.6 Å². The summed E-state index contributed by atoms with van der Waals surface area (Å²) in [7, 11) is -4.76. The van der Waals surface area contributed by atoms with E-state index >= 15 is 0 Å². The number of aliphatic hydroxyl groups excluding tert-OH is 1. The number of carbonyl (C=O) groups excluding carboxylic acids is 1. The van der Waals surface area contributed by atoms with Crippen molar-refractivity contribution in [3.05, 3.63) is 11.6 Å². The first kappa shape index (κ1) is 18.6. The number of ketones is 1. The Bertz CT molecular complexity index is 758. The number of carbonyl (C=O) groups is 1. The zero-order chi connectivity index (χ0) is 18.9. The predicted octanol–water partition coefficient (Wildman–Crippen LogP) is 2.33. The van der Waals surface area contributed by atoms with Crippen LogP contribution in [-0.4, -0.2) is 36.1 Å². The van der Waals surface area contributed by atoms with Gasteiger partial charge >= 0.3 is 0 Å². The van der Waals surface area contributed by atoms with Crippen molar-refractivity contribution in [1.82, 2.24) is 0 Å². The third-order valence-corrected chi connectivity index (χ3v) is 8.51. The second-order valence-corrected chi connectivity index (χ2v) is 10.2. The molecular formula is C19H27O6S-. The molecular weight excluding hydrogens is 356 g/mol. The quantitative estimate of drug-likeness (QED) is 0.580. The molecule has 3 fully saturated rings. The average Bonchev–Trinajstić information content (AvgIpc) is 2.82. The van der Waals surface area contributed by atoms with E-state index in [1.165, 1.54) is 5.57 Å². The summed E-state index contributed by atoms with van der Waals surface area (Å²) >= 11 is 0. The molecule has 0 unspecified atom stereocenters. The van der Waals surface area contributed by atoms with Gasteiger partial charge in [-0.15, -0.1) is 0 Å². The van der Waals surface area contributed by atoms with E-state index in [0.29, 0.717) is 19.3 Å². The van der Waals surface area contributed by atoms with Gasteiger partial charge in [-0.05, 0) is 67.8 Å². The molecule has 0 amide bonds. The second-order valence-electron chi connectivity index (χ2n) is 9.24. The van der Waals surface area contributed by atoms with E-state index in [2.05, 4.69) is 6.92 Å². The smallest absolute Gasteiger partial charge is 0.217 e. The summed E-state index contributed by atoms with van der Waals surface area (Å²) in [5.74, 6) is 0.762. The van der Waals surface area contributed by atoms with Crippen molar-refractivity contribution in [3.63, 3.8) is 0 Å². The van der Waals surface area contributed by atoms with E-state index in [0.717, 1.165) is 25.7 Å². The van der Waals surface area contributed by atoms with Gasteiger partial charge in [0.05, 0.1) is 12.2 Å². The van der Waals surface area contributed by atoms with Gasteiger partial charge in [0, 0.05) is 11.8 Å². The first-order valence-corrected chi connectivity index (χ1v) is 10.9. The Balaban J connectivity index is 1.68. The maximum atomic E-state index is 11.9. The third kappa shape index (κ3) is 2.70. The lowest BCUT2D eigenvalue weighted by Gasteiger charge is -2.59. The number of fused-ring (bicyclic) bond motifs is 5. The van der Waals surface area contributed by atoms with Gasteiger partial charge in [-0.1, -0.05) is 19.4 Å². The molecule has 0 bridgehead atoms. The Morgan fingerprint density at radius 3 is 2.65 bits per heavy atom. The normalized spacial score (nSPS) is 48.4. The second kappa shape index (κ2) is 5.87. The SMILES string of the molecule is C[C@]12C[C@@H](O)[C@H]3[C@@H](CCC4=CC(=O)CC[C@@]43C)[C@@H]1CC[C@@H]2OS(=O)(=O)[O-]. The summed E-state index contributed by atoms with van der Waals surface area (Å²) in [6.45, 7) is 4.15. The summed E-state index contributed by atoms with van der Waals surface area (Å²) in [4.78, 5) is 11.9. The number of allylic oxidation sites excluding steroid dienone is 1. The predicted molar refractivity (Wildman–Crippen MR) is 92.7 cm³/mol. The fourth-order valence-corrected chi connectivity index (χ4v) is 7.54. The number of hydrogen-bond acceptors (Lipinski definition) is 6. The molecule has 4 rings (SSSR count). The first-order valence-electron chi connectivity index (χ1n) is 9.61. The Labute approximate surface area is 155 Å². The van der Waals surface area contributed by atoms with Crippen molar-refractivity contribution in [3.8, 4) is 0 Å². The van der Waals surface area contributed by atoms with Gasteiger partial charge in [0.25, 0.3) is 0 Å². The molecule has 4 aliphatic carbocycles. The third-order valence-electron chi connectivity index (χ3n) is 8.04. The lowest BCUT2D eigenvalue weighted by molar-refractivity contribution is -0.139. The van der Waals surface area contributed by atoms with E-state index in [9.17, 15) is 22.9 Å². The standard InChI is InChI=1S/C19H28O6S/c1-18-8-7-12(20)9-11(18)3-4-13-14-5-6-16(25-26(22,23)24)19(14,2)10-15(21)17(13)18/h9,13-17,21H,3-8,10H2,1-2H3,(H,22,23,24)/p-1/t13-,14-,15+,16-,17+,18-,19-/m0/s1. The first-order chi connectivity index (χ1) is 12.0. The zero-order valence-corrected chi connectivity index (χ0v) is 16.1. The topological polar surface area (TPSA) is 104 Å². The molecule has 7 heteroatoms. The van der Waals surface area contributed by atoms with Crippen molar-refractivity contribution < 1.29 is 27.1 Å². The minimum absolute atomic E-state index is 0.0799. The van der Waals surface area contributed by atoms with Crippen molar-refractivity contribution in [1.29, 1.82) is 0 Å². The van der Waals surface area contributed by atoms with Crippen LogP contribution in [0.2, 0.25) is 0 Å². The van der Waals surface area contributed by atoms with Crippen LogP contribution < -0.4 is 0 Å². The summed E-state index contributed by atoms with van der Waals surface area (Å²) in [6.07, 6.45) is 5.41. The molecule has 1 N–H and O–H groups in total. The van der Waals surface area contributed by atoms with E-state index in [1.54, 1.807) is 6.08 Å². The molecule has 26 heavy (non-hydrogen) atoms. The van der Waals surface area contributed by atoms with Gasteiger partial charge in [0.2, 0.25) is 10.4 Å². The Morgan fingerprint density at radius 2 is 1.96 bits per heavy atom. The number of hydrogen-bond donors (Lipinski definition) is 1. The van der Waals surface area contributed by atoms with Gasteiger partial charge in [-0.25, -0.2) is 8.42 Å². The zero-order valence-electron chi connectivity index (χ0n) is 15.3. The van der Waals surface area contributed by atoms with Gasteiger partial charge < -0.3 is 9.66 Å². The van der Waals surface area contributed by atoms with Crippen LogP contribution in [-0.2, 0) is 19.4 Å². The maximum Gasteiger partial charge on any atom is 0.217 e. The van der Waals surface area contributed by atoms with E-state index in [-0.39, 0.29) is 29.0 Å². The minimum atomic E-state index is -4.76. The summed E-state index contributed by atoms with van der Waals surface area (Å²) < 4.78 is 38.4. The molecule has 3 saturated carbocycles. The molecule has 7 atom stereocenters. The van der Waals surface area contributed by atoms with E-state index in [4.69, 9.17) is 4.18 Å². The molecule has 0 radical (unpaired) electrons. The van der Waals surface area contributed by atoms with Crippen LogP contribution in [0.3, 0.4) is 0 Å². The van der Waals surface area contributed by atoms with Gasteiger partial charge in [-0.3, -0.25) is 8.98 Å². The van der Waals surface area contributed by atoms with Crippen LogP contribution in [0.5, 0.6) is 0 Å². The Hall–Kier alpha value is -0.760. The largest absolute Gasteiger partial charge is 0.726 e. The van der Waals surface area contributed by atoms with Crippen LogP contribution in [0.25, 0.3) is 0 Å². The van der Waals surface area contributed by atoms with Crippen molar-refractivity contribution >= 4 is 16.2 Å². The van der Waals surface area contributed by atoms with Crippen LogP contribution in [0.1, 0.15) is 58.8 Å². The highest BCUT2D eigenvalue weighted by Crippen LogP contribution is 2.65. The molecule has 0 aliphatic heterocycles. The maximum absolute atomic E-state index is 11.9. The minimum Gasteiger partial charge on any atom is -0.726 e. The monoisotopic (exact) mass is 383 g/mol. The van der Waals surface area contributed by atoms with Crippen LogP contribution in [0.4, 0.5) is 0 Å². The fourth-order valence-electron chi connectivity index (χ4n) is 6.94. The summed E-state index contributed by atoms with van der Waals surface area (Å²) in [5.41, 5.74) is 0.506. The average molecular weight is 383 g/mol. The molecule has 0 spiro atoms. The lowest BCUT2D eigenvalue weighted by atomic mass is 9.46. The number of aliphatic hydroxyl groups is 1. The van der Waals surface area contributed by atoms with Crippen molar-refractivity contribution in [2.45, 2.75) is 71.0 Å².